The smallest absolute Gasteiger partial charge is 0.153 e. The Morgan fingerprint density at radius 3 is 2.29 bits per heavy atom. The Bertz CT molecular complexity index is 413. The predicted octanol–water partition coefficient (Wildman–Crippen LogP) is 3.31. The number of alkyl halides is 1. The Kier molecular flexibility index (Phi) is 5.77. The Hall–Kier alpha value is -1.29. The quantitative estimate of drug-likeness (QED) is 0.597. The van der Waals surface area contributed by atoms with Gasteiger partial charge in [-0.15, -0.1) is 0 Å². The van der Waals surface area contributed by atoms with Crippen LogP contribution in [-0.4, -0.2) is 25.8 Å². The summed E-state index contributed by atoms with van der Waals surface area (Å²) in [7, 11) is 3.12. The van der Waals surface area contributed by atoms with E-state index in [9.17, 15) is 4.79 Å². The van der Waals surface area contributed by atoms with Crippen LogP contribution in [0.5, 0.6) is 11.5 Å². The van der Waals surface area contributed by atoms with E-state index in [1.54, 1.807) is 26.4 Å². The van der Waals surface area contributed by atoms with Gasteiger partial charge in [-0.05, 0) is 18.6 Å². The van der Waals surface area contributed by atoms with Gasteiger partial charge in [-0.25, -0.2) is 0 Å². The molecular formula is C13H15BrO3. The Morgan fingerprint density at radius 1 is 1.18 bits per heavy atom. The van der Waals surface area contributed by atoms with E-state index in [-0.39, 0.29) is 0 Å². The monoisotopic (exact) mass is 298 g/mol. The van der Waals surface area contributed by atoms with Gasteiger partial charge in [0.05, 0.1) is 19.8 Å². The molecule has 0 unspecified atom stereocenters. The van der Waals surface area contributed by atoms with Crippen molar-refractivity contribution in [2.45, 2.75) is 6.42 Å². The lowest BCUT2D eigenvalue weighted by atomic mass is 10.1. The van der Waals surface area contributed by atoms with E-state index in [1.807, 2.05) is 12.2 Å². The third kappa shape index (κ3) is 3.60. The van der Waals surface area contributed by atoms with Gasteiger partial charge in [0.1, 0.15) is 11.5 Å². The van der Waals surface area contributed by atoms with Crippen molar-refractivity contribution in [3.8, 4) is 11.5 Å². The number of allylic oxidation sites excluding steroid dienone is 1. The number of methoxy groups -OCH3 is 2. The summed E-state index contributed by atoms with van der Waals surface area (Å²) in [5, 5.41) is 0.912. The van der Waals surface area contributed by atoms with E-state index in [1.165, 1.54) is 0 Å². The number of aldehydes is 1. The lowest BCUT2D eigenvalue weighted by Crippen LogP contribution is -1.95. The van der Waals surface area contributed by atoms with Crippen LogP contribution >= 0.6 is 15.9 Å². The van der Waals surface area contributed by atoms with Gasteiger partial charge in [-0.2, -0.15) is 0 Å². The molecule has 0 atom stereocenters. The molecule has 1 rings (SSSR count). The van der Waals surface area contributed by atoms with Crippen LogP contribution in [0.3, 0.4) is 0 Å². The lowest BCUT2D eigenvalue weighted by molar-refractivity contribution is 0.112. The summed E-state index contributed by atoms with van der Waals surface area (Å²) in [4.78, 5) is 10.9. The highest BCUT2D eigenvalue weighted by Gasteiger charge is 2.08. The molecule has 0 amide bonds. The van der Waals surface area contributed by atoms with Crippen molar-refractivity contribution in [3.05, 3.63) is 29.3 Å². The molecule has 4 heteroatoms. The molecule has 3 nitrogen and oxygen atoms in total. The molecule has 0 aliphatic heterocycles. The summed E-state index contributed by atoms with van der Waals surface area (Å²) >= 11 is 3.36. The van der Waals surface area contributed by atoms with Crippen molar-refractivity contribution in [1.82, 2.24) is 0 Å². The van der Waals surface area contributed by atoms with Crippen molar-refractivity contribution in [2.24, 2.45) is 0 Å². The van der Waals surface area contributed by atoms with Crippen LogP contribution in [0.4, 0.5) is 0 Å². The maximum atomic E-state index is 10.9. The predicted molar refractivity (Wildman–Crippen MR) is 72.4 cm³/mol. The number of halogens is 1. The highest BCUT2D eigenvalue weighted by Crippen LogP contribution is 2.28. The molecule has 0 spiro atoms. The topological polar surface area (TPSA) is 35.5 Å². The lowest BCUT2D eigenvalue weighted by Gasteiger charge is -2.09. The first-order chi connectivity index (χ1) is 8.26. The highest BCUT2D eigenvalue weighted by molar-refractivity contribution is 9.09. The molecule has 0 fully saturated rings. The molecule has 0 N–H and O–H groups in total. The number of carbonyl (C=O) groups is 1. The largest absolute Gasteiger partial charge is 0.496 e. The molecule has 0 aliphatic carbocycles. The van der Waals surface area contributed by atoms with E-state index in [0.717, 1.165) is 23.6 Å². The molecule has 0 heterocycles. The van der Waals surface area contributed by atoms with E-state index in [4.69, 9.17) is 9.47 Å². The first-order valence-electron chi connectivity index (χ1n) is 5.20. The third-order valence-corrected chi connectivity index (χ3v) is 2.74. The van der Waals surface area contributed by atoms with Gasteiger partial charge >= 0.3 is 0 Å². The first-order valence-corrected chi connectivity index (χ1v) is 6.32. The number of rotatable bonds is 6. The molecule has 1 aromatic carbocycles. The number of hydrogen-bond acceptors (Lipinski definition) is 3. The van der Waals surface area contributed by atoms with Crippen LogP contribution in [0.15, 0.2) is 18.2 Å². The van der Waals surface area contributed by atoms with Crippen molar-refractivity contribution in [2.75, 3.05) is 19.5 Å². The van der Waals surface area contributed by atoms with Gasteiger partial charge < -0.3 is 9.47 Å². The van der Waals surface area contributed by atoms with Crippen molar-refractivity contribution < 1.29 is 14.3 Å². The Labute approximate surface area is 110 Å². The van der Waals surface area contributed by atoms with Crippen LogP contribution in [0.2, 0.25) is 0 Å². The standard InChI is InChI=1S/C13H15BrO3/c1-16-12-8-11(9-15)13(17-2)7-10(12)5-3-4-6-14/h3,5,7-9H,4,6H2,1-2H3. The minimum Gasteiger partial charge on any atom is -0.496 e. The van der Waals surface area contributed by atoms with Gasteiger partial charge in [-0.1, -0.05) is 28.1 Å². The Balaban J connectivity index is 3.14. The van der Waals surface area contributed by atoms with E-state index < -0.39 is 0 Å². The third-order valence-electron chi connectivity index (χ3n) is 2.28. The van der Waals surface area contributed by atoms with Crippen LogP contribution in [0, 0.1) is 0 Å². The van der Waals surface area contributed by atoms with Gasteiger partial charge in [-0.3, -0.25) is 4.79 Å². The van der Waals surface area contributed by atoms with Crippen LogP contribution in [0.1, 0.15) is 22.3 Å². The molecule has 0 bridgehead atoms. The SMILES string of the molecule is COc1cc(C=CCCBr)c(OC)cc1C=O. The number of hydrogen-bond donors (Lipinski definition) is 0. The zero-order valence-electron chi connectivity index (χ0n) is 9.90. The van der Waals surface area contributed by atoms with E-state index in [2.05, 4.69) is 15.9 Å². The summed E-state index contributed by atoms with van der Waals surface area (Å²) in [5.41, 5.74) is 1.39. The fraction of sp³-hybridized carbons (Fsp3) is 0.308. The maximum absolute atomic E-state index is 10.9. The number of carbonyl (C=O) groups excluding carboxylic acids is 1. The minimum absolute atomic E-state index is 0.488. The number of benzene rings is 1. The molecule has 0 saturated carbocycles. The summed E-state index contributed by atoms with van der Waals surface area (Å²) < 4.78 is 10.4. The van der Waals surface area contributed by atoms with Crippen LogP contribution in [0.25, 0.3) is 6.08 Å². The average Bonchev–Trinajstić information content (AvgIpc) is 2.38. The molecule has 0 aliphatic rings. The first kappa shape index (κ1) is 13.8. The Morgan fingerprint density at radius 2 is 1.76 bits per heavy atom. The summed E-state index contributed by atoms with van der Waals surface area (Å²) in [5.74, 6) is 1.22. The molecule has 0 aromatic heterocycles. The van der Waals surface area contributed by atoms with Crippen LogP contribution in [-0.2, 0) is 0 Å². The van der Waals surface area contributed by atoms with Crippen molar-refractivity contribution in [3.63, 3.8) is 0 Å². The fourth-order valence-electron chi connectivity index (χ4n) is 1.44. The molecule has 17 heavy (non-hydrogen) atoms. The fourth-order valence-corrected chi connectivity index (χ4v) is 1.70. The summed E-state index contributed by atoms with van der Waals surface area (Å²) in [6, 6.07) is 3.48. The number of ether oxygens (including phenoxy) is 2. The zero-order valence-corrected chi connectivity index (χ0v) is 11.5. The summed E-state index contributed by atoms with van der Waals surface area (Å²) in [6.45, 7) is 0. The second-order valence-electron chi connectivity index (χ2n) is 3.33. The van der Waals surface area contributed by atoms with E-state index >= 15 is 0 Å². The van der Waals surface area contributed by atoms with Gasteiger partial charge in [0.15, 0.2) is 6.29 Å². The molecule has 1 aromatic rings. The highest BCUT2D eigenvalue weighted by atomic mass is 79.9. The molecular weight excluding hydrogens is 284 g/mol. The second kappa shape index (κ2) is 7.12. The molecule has 0 saturated heterocycles. The van der Waals surface area contributed by atoms with E-state index in [0.29, 0.717) is 17.1 Å². The maximum Gasteiger partial charge on any atom is 0.153 e. The van der Waals surface area contributed by atoms with Crippen molar-refractivity contribution in [1.29, 1.82) is 0 Å². The molecule has 92 valence electrons. The average molecular weight is 299 g/mol. The zero-order chi connectivity index (χ0) is 12.7. The second-order valence-corrected chi connectivity index (χ2v) is 4.13. The normalized spacial score (nSPS) is 10.5. The van der Waals surface area contributed by atoms with Gasteiger partial charge in [0.2, 0.25) is 0 Å². The van der Waals surface area contributed by atoms with Gasteiger partial charge in [0.25, 0.3) is 0 Å². The molecule has 0 radical (unpaired) electrons. The summed E-state index contributed by atoms with van der Waals surface area (Å²) in [6.07, 6.45) is 5.68. The van der Waals surface area contributed by atoms with Gasteiger partial charge in [0, 0.05) is 10.9 Å². The van der Waals surface area contributed by atoms with Crippen molar-refractivity contribution >= 4 is 28.3 Å². The van der Waals surface area contributed by atoms with Crippen LogP contribution < -0.4 is 9.47 Å². The minimum atomic E-state index is 0.488.